The van der Waals surface area contributed by atoms with Gasteiger partial charge in [0.25, 0.3) is 0 Å². The number of hydrogen-bond donors (Lipinski definition) is 1. The summed E-state index contributed by atoms with van der Waals surface area (Å²) in [6, 6.07) is 12.2. The second-order valence-electron chi connectivity index (χ2n) is 6.52. The van der Waals surface area contributed by atoms with Gasteiger partial charge in [-0.25, -0.2) is 4.39 Å². The van der Waals surface area contributed by atoms with Gasteiger partial charge >= 0.3 is 0 Å². The number of nitrogens with one attached hydrogen (secondary N) is 1. The normalized spacial score (nSPS) is 17.0. The molecule has 1 aromatic heterocycles. The van der Waals surface area contributed by atoms with E-state index in [0.29, 0.717) is 24.3 Å². The molecule has 0 unspecified atom stereocenters. The summed E-state index contributed by atoms with van der Waals surface area (Å²) >= 11 is 0. The molecule has 2 aromatic rings. The van der Waals surface area contributed by atoms with Gasteiger partial charge in [0.1, 0.15) is 5.82 Å². The number of piperidine rings is 1. The van der Waals surface area contributed by atoms with Crippen LogP contribution in [0.4, 0.5) is 4.39 Å². The highest BCUT2D eigenvalue weighted by atomic mass is 19.1. The summed E-state index contributed by atoms with van der Waals surface area (Å²) in [5.74, 6) is -0.494. The van der Waals surface area contributed by atoms with Crippen LogP contribution in [0.15, 0.2) is 42.5 Å². The minimum absolute atomic E-state index is 0.0186. The molecule has 1 aliphatic heterocycles. The monoisotopic (exact) mass is 355 g/mol. The van der Waals surface area contributed by atoms with Crippen molar-refractivity contribution >= 4 is 11.8 Å². The molecule has 1 atom stereocenters. The summed E-state index contributed by atoms with van der Waals surface area (Å²) in [5, 5.41) is 2.55. The molecule has 0 spiro atoms. The van der Waals surface area contributed by atoms with E-state index < -0.39 is 0 Å². The second kappa shape index (κ2) is 8.08. The molecule has 26 heavy (non-hydrogen) atoms. The number of likely N-dealkylation sites (tertiary alicyclic amines) is 1. The number of nitrogens with zero attached hydrogens (tertiary/aromatic N) is 2. The molecule has 1 saturated heterocycles. The van der Waals surface area contributed by atoms with Crippen LogP contribution >= 0.6 is 0 Å². The van der Waals surface area contributed by atoms with Gasteiger partial charge in [-0.05, 0) is 37.1 Å². The third-order valence-electron chi connectivity index (χ3n) is 4.60. The van der Waals surface area contributed by atoms with E-state index in [-0.39, 0.29) is 30.1 Å². The van der Waals surface area contributed by atoms with E-state index in [2.05, 4.69) is 10.3 Å². The van der Waals surface area contributed by atoms with E-state index in [1.165, 1.54) is 13.0 Å². The highest BCUT2D eigenvalue weighted by Gasteiger charge is 2.25. The predicted octanol–water partition coefficient (Wildman–Crippen LogP) is 2.73. The van der Waals surface area contributed by atoms with E-state index in [1.807, 2.05) is 12.1 Å². The number of aromatic nitrogens is 1. The lowest BCUT2D eigenvalue weighted by atomic mass is 9.93. The third-order valence-corrected chi connectivity index (χ3v) is 4.60. The molecule has 1 N–H and O–H groups in total. The molecule has 0 radical (unpaired) electrons. The highest BCUT2D eigenvalue weighted by Crippen LogP contribution is 2.28. The molecule has 1 aliphatic rings. The van der Waals surface area contributed by atoms with Crippen molar-refractivity contribution in [2.45, 2.75) is 25.7 Å². The molecule has 3 rings (SSSR count). The summed E-state index contributed by atoms with van der Waals surface area (Å²) in [7, 11) is 0. The van der Waals surface area contributed by atoms with Crippen molar-refractivity contribution in [1.82, 2.24) is 15.2 Å². The van der Waals surface area contributed by atoms with E-state index in [9.17, 15) is 14.0 Å². The summed E-state index contributed by atoms with van der Waals surface area (Å²) in [4.78, 5) is 29.7. The van der Waals surface area contributed by atoms with Gasteiger partial charge in [-0.3, -0.25) is 14.6 Å². The van der Waals surface area contributed by atoms with Crippen molar-refractivity contribution in [3.8, 4) is 11.3 Å². The smallest absolute Gasteiger partial charge is 0.241 e. The van der Waals surface area contributed by atoms with Crippen LogP contribution in [0.1, 0.15) is 31.4 Å². The van der Waals surface area contributed by atoms with Crippen molar-refractivity contribution < 1.29 is 14.0 Å². The Morgan fingerprint density at radius 3 is 2.81 bits per heavy atom. The molecule has 2 amide bonds. The first-order valence-corrected chi connectivity index (χ1v) is 8.78. The topological polar surface area (TPSA) is 62.3 Å². The zero-order chi connectivity index (χ0) is 18.5. The second-order valence-corrected chi connectivity index (χ2v) is 6.52. The fourth-order valence-corrected chi connectivity index (χ4v) is 3.25. The molecular weight excluding hydrogens is 333 g/mol. The number of hydrogen-bond acceptors (Lipinski definition) is 3. The molecule has 2 heterocycles. The minimum atomic E-state index is -0.298. The van der Waals surface area contributed by atoms with Gasteiger partial charge in [0.15, 0.2) is 0 Å². The van der Waals surface area contributed by atoms with Gasteiger partial charge in [-0.1, -0.05) is 18.2 Å². The van der Waals surface area contributed by atoms with Gasteiger partial charge in [-0.15, -0.1) is 0 Å². The molecule has 6 heteroatoms. The zero-order valence-corrected chi connectivity index (χ0v) is 14.7. The largest absolute Gasteiger partial charge is 0.347 e. The molecule has 0 aliphatic carbocycles. The Balaban J connectivity index is 1.75. The SMILES string of the molecule is CC(=O)NCC(=O)N1CCC[C@H](c2cccc(-c3ccccc3F)n2)C1. The van der Waals surface area contributed by atoms with Gasteiger partial charge in [-0.2, -0.15) is 0 Å². The van der Waals surface area contributed by atoms with Crippen LogP contribution in [0.3, 0.4) is 0 Å². The molecule has 0 saturated carbocycles. The Morgan fingerprint density at radius 1 is 1.23 bits per heavy atom. The maximum absolute atomic E-state index is 14.0. The van der Waals surface area contributed by atoms with E-state index in [4.69, 9.17) is 0 Å². The van der Waals surface area contributed by atoms with E-state index >= 15 is 0 Å². The zero-order valence-electron chi connectivity index (χ0n) is 14.7. The molecule has 5 nitrogen and oxygen atoms in total. The van der Waals surface area contributed by atoms with Crippen LogP contribution in [0, 0.1) is 5.82 Å². The number of rotatable bonds is 4. The van der Waals surface area contributed by atoms with Crippen LogP contribution in [0.25, 0.3) is 11.3 Å². The summed E-state index contributed by atoms with van der Waals surface area (Å²) in [6.45, 7) is 2.66. The van der Waals surface area contributed by atoms with Gasteiger partial charge < -0.3 is 10.2 Å². The standard InChI is InChI=1S/C20H22FN3O2/c1-14(25)22-12-20(26)24-11-5-6-15(13-24)18-9-4-10-19(23-18)16-7-2-3-8-17(16)21/h2-4,7-10,15H,5-6,11-13H2,1H3,(H,22,25)/t15-/m0/s1. The van der Waals surface area contributed by atoms with Crippen LogP contribution in [0.2, 0.25) is 0 Å². The first-order valence-electron chi connectivity index (χ1n) is 8.78. The lowest BCUT2D eigenvalue weighted by Gasteiger charge is -2.32. The van der Waals surface area contributed by atoms with Crippen molar-refractivity contribution in [3.63, 3.8) is 0 Å². The van der Waals surface area contributed by atoms with Gasteiger partial charge in [0.05, 0.1) is 12.2 Å². The number of benzene rings is 1. The van der Waals surface area contributed by atoms with Crippen molar-refractivity contribution in [3.05, 3.63) is 54.0 Å². The lowest BCUT2D eigenvalue weighted by molar-refractivity contribution is -0.133. The van der Waals surface area contributed by atoms with Crippen LogP contribution < -0.4 is 5.32 Å². The molecule has 1 fully saturated rings. The van der Waals surface area contributed by atoms with Crippen molar-refractivity contribution in [1.29, 1.82) is 0 Å². The summed E-state index contributed by atoms with van der Waals surface area (Å²) in [5.41, 5.74) is 1.94. The number of pyridine rings is 1. The summed E-state index contributed by atoms with van der Waals surface area (Å²) < 4.78 is 14.0. The Kier molecular flexibility index (Phi) is 5.61. The first-order chi connectivity index (χ1) is 12.5. The third kappa shape index (κ3) is 4.25. The average Bonchev–Trinajstić information content (AvgIpc) is 2.66. The number of halogens is 1. The molecular formula is C20H22FN3O2. The predicted molar refractivity (Wildman–Crippen MR) is 96.9 cm³/mol. The van der Waals surface area contributed by atoms with Crippen LogP contribution in [0.5, 0.6) is 0 Å². The fourth-order valence-electron chi connectivity index (χ4n) is 3.25. The first kappa shape index (κ1) is 18.0. The molecule has 1 aromatic carbocycles. The van der Waals surface area contributed by atoms with Gasteiger partial charge in [0.2, 0.25) is 11.8 Å². The molecule has 0 bridgehead atoms. The fraction of sp³-hybridized carbons (Fsp3) is 0.350. The Morgan fingerprint density at radius 2 is 2.04 bits per heavy atom. The Bertz CT molecular complexity index is 809. The van der Waals surface area contributed by atoms with Crippen molar-refractivity contribution in [2.75, 3.05) is 19.6 Å². The number of carbonyl (C=O) groups excluding carboxylic acids is 2. The maximum atomic E-state index is 14.0. The van der Waals surface area contributed by atoms with Gasteiger partial charge in [0, 0.05) is 37.2 Å². The van der Waals surface area contributed by atoms with Crippen molar-refractivity contribution in [2.24, 2.45) is 0 Å². The van der Waals surface area contributed by atoms with Crippen LogP contribution in [-0.4, -0.2) is 41.3 Å². The number of amides is 2. The Labute approximate surface area is 152 Å². The molecule has 136 valence electrons. The van der Waals surface area contributed by atoms with Crippen LogP contribution in [-0.2, 0) is 9.59 Å². The summed E-state index contributed by atoms with van der Waals surface area (Å²) in [6.07, 6.45) is 1.81. The minimum Gasteiger partial charge on any atom is -0.347 e. The quantitative estimate of drug-likeness (QED) is 0.917. The number of carbonyl (C=O) groups is 2. The Hall–Kier alpha value is -2.76. The van der Waals surface area contributed by atoms with E-state index in [1.54, 1.807) is 29.2 Å². The van der Waals surface area contributed by atoms with E-state index in [0.717, 1.165) is 18.5 Å². The highest BCUT2D eigenvalue weighted by molar-refractivity contribution is 5.83. The maximum Gasteiger partial charge on any atom is 0.241 e. The average molecular weight is 355 g/mol. The lowest BCUT2D eigenvalue weighted by Crippen LogP contribution is -2.44.